The van der Waals surface area contributed by atoms with Crippen LogP contribution in [0.3, 0.4) is 0 Å². The fourth-order valence-corrected chi connectivity index (χ4v) is 4.90. The number of benzene rings is 1. The molecule has 0 saturated carbocycles. The fourth-order valence-electron chi connectivity index (χ4n) is 4.90. The number of fused-ring (bicyclic) bond motifs is 1. The van der Waals surface area contributed by atoms with E-state index < -0.39 is 0 Å². The van der Waals surface area contributed by atoms with Crippen LogP contribution in [-0.2, 0) is 6.42 Å². The van der Waals surface area contributed by atoms with Crippen LogP contribution >= 0.6 is 0 Å². The van der Waals surface area contributed by atoms with E-state index in [4.69, 9.17) is 0 Å². The van der Waals surface area contributed by atoms with E-state index in [0.29, 0.717) is 17.8 Å². The monoisotopic (exact) mass is 363 g/mol. The van der Waals surface area contributed by atoms with E-state index in [1.54, 1.807) is 6.20 Å². The fraction of sp³-hybridized carbons (Fsp3) is 0.478. The molecule has 4 heteroatoms. The van der Waals surface area contributed by atoms with Crippen molar-refractivity contribution in [3.63, 3.8) is 0 Å². The summed E-state index contributed by atoms with van der Waals surface area (Å²) >= 11 is 0. The highest BCUT2D eigenvalue weighted by molar-refractivity contribution is 5.93. The molecular weight excluding hydrogens is 334 g/mol. The Balaban J connectivity index is 1.59. The molecule has 2 saturated heterocycles. The average Bonchev–Trinajstić information content (AvgIpc) is 2.99. The van der Waals surface area contributed by atoms with E-state index in [-0.39, 0.29) is 11.4 Å². The lowest BCUT2D eigenvalue weighted by Gasteiger charge is -2.44. The second-order valence-corrected chi connectivity index (χ2v) is 8.19. The van der Waals surface area contributed by atoms with E-state index in [1.165, 1.54) is 18.4 Å². The quantitative estimate of drug-likeness (QED) is 0.901. The van der Waals surface area contributed by atoms with Gasteiger partial charge in [0.2, 0.25) is 0 Å². The lowest BCUT2D eigenvalue weighted by atomic mass is 9.83. The van der Waals surface area contributed by atoms with Crippen molar-refractivity contribution in [1.29, 1.82) is 0 Å². The second-order valence-electron chi connectivity index (χ2n) is 8.19. The number of nitrogens with zero attached hydrogens (tertiary/aromatic N) is 2. The summed E-state index contributed by atoms with van der Waals surface area (Å²) in [5, 5.41) is 3.87. The summed E-state index contributed by atoms with van der Waals surface area (Å²) in [6.07, 6.45) is 8.34. The molecule has 2 fully saturated rings. The third kappa shape index (κ3) is 3.77. The van der Waals surface area contributed by atoms with E-state index in [9.17, 15) is 4.79 Å². The number of hydrogen-bond donors (Lipinski definition) is 1. The first-order valence-electron chi connectivity index (χ1n) is 10.2. The third-order valence-electron chi connectivity index (χ3n) is 6.29. The number of rotatable bonds is 3. The zero-order valence-corrected chi connectivity index (χ0v) is 16.1. The molecule has 4 nitrogen and oxygen atoms in total. The van der Waals surface area contributed by atoms with Gasteiger partial charge in [0.15, 0.2) is 0 Å². The van der Waals surface area contributed by atoms with Crippen molar-refractivity contribution in [3.8, 4) is 0 Å². The van der Waals surface area contributed by atoms with Crippen LogP contribution in [0.25, 0.3) is 0 Å². The molecule has 0 radical (unpaired) electrons. The molecule has 27 heavy (non-hydrogen) atoms. The SMILES string of the molecule is C[C@]12C[C@@H](Cc3ccccc3)N[C@H]1CCCCCN2C(=O)c1ccccn1. The van der Waals surface area contributed by atoms with Crippen molar-refractivity contribution in [1.82, 2.24) is 15.2 Å². The first kappa shape index (κ1) is 18.2. The van der Waals surface area contributed by atoms with Gasteiger partial charge >= 0.3 is 0 Å². The number of hydrogen-bond acceptors (Lipinski definition) is 3. The van der Waals surface area contributed by atoms with Gasteiger partial charge < -0.3 is 10.2 Å². The summed E-state index contributed by atoms with van der Waals surface area (Å²) in [5.41, 5.74) is 1.76. The van der Waals surface area contributed by atoms with Crippen LogP contribution in [-0.4, -0.2) is 40.0 Å². The lowest BCUT2D eigenvalue weighted by molar-refractivity contribution is 0.0420. The van der Waals surface area contributed by atoms with Crippen LogP contribution in [0.5, 0.6) is 0 Å². The van der Waals surface area contributed by atoms with Gasteiger partial charge in [-0.05, 0) is 50.3 Å². The van der Waals surface area contributed by atoms with Crippen LogP contribution in [0, 0.1) is 0 Å². The molecule has 2 aliphatic heterocycles. The summed E-state index contributed by atoms with van der Waals surface area (Å²) in [6, 6.07) is 17.0. The first-order valence-corrected chi connectivity index (χ1v) is 10.2. The predicted molar refractivity (Wildman–Crippen MR) is 108 cm³/mol. The Morgan fingerprint density at radius 3 is 2.74 bits per heavy atom. The second kappa shape index (κ2) is 7.81. The minimum absolute atomic E-state index is 0.0761. The maximum absolute atomic E-state index is 13.3. The van der Waals surface area contributed by atoms with Gasteiger partial charge in [-0.1, -0.05) is 49.2 Å². The van der Waals surface area contributed by atoms with Crippen LogP contribution in [0.2, 0.25) is 0 Å². The van der Waals surface area contributed by atoms with Crippen LogP contribution in [0.1, 0.15) is 55.1 Å². The van der Waals surface area contributed by atoms with Crippen LogP contribution in [0.4, 0.5) is 0 Å². The standard InChI is InChI=1S/C23H29N3O/c1-23-17-19(16-18-10-4-2-5-11-18)25-21(23)13-6-3-9-15-26(23)22(27)20-12-7-8-14-24-20/h2,4-5,7-8,10-12,14,19,21,25H,3,6,9,13,15-17H2,1H3/t19-,21+,23+/m1/s1. The molecule has 1 aromatic heterocycles. The minimum Gasteiger partial charge on any atom is -0.330 e. The molecule has 2 aromatic rings. The smallest absolute Gasteiger partial charge is 0.272 e. The molecule has 1 N–H and O–H groups in total. The summed E-state index contributed by atoms with van der Waals surface area (Å²) in [6.45, 7) is 3.10. The zero-order chi connectivity index (χ0) is 18.7. The predicted octanol–water partition coefficient (Wildman–Crippen LogP) is 3.83. The van der Waals surface area contributed by atoms with Crippen molar-refractivity contribution in [3.05, 3.63) is 66.0 Å². The molecule has 3 heterocycles. The Labute approximate surface area is 162 Å². The molecular formula is C23H29N3O. The largest absolute Gasteiger partial charge is 0.330 e. The molecule has 1 amide bonds. The van der Waals surface area contributed by atoms with Gasteiger partial charge in [-0.2, -0.15) is 0 Å². The van der Waals surface area contributed by atoms with Crippen molar-refractivity contribution in [2.45, 2.75) is 63.1 Å². The molecule has 0 aliphatic carbocycles. The van der Waals surface area contributed by atoms with Gasteiger partial charge in [0, 0.05) is 24.8 Å². The number of nitrogens with one attached hydrogen (secondary N) is 1. The van der Waals surface area contributed by atoms with Gasteiger partial charge in [0.05, 0.1) is 5.54 Å². The van der Waals surface area contributed by atoms with Gasteiger partial charge in [0.1, 0.15) is 5.69 Å². The van der Waals surface area contributed by atoms with Crippen molar-refractivity contribution in [2.24, 2.45) is 0 Å². The molecule has 1 aromatic carbocycles. The minimum atomic E-state index is -0.158. The molecule has 2 aliphatic rings. The van der Waals surface area contributed by atoms with Crippen LogP contribution in [0.15, 0.2) is 54.7 Å². The number of pyridine rings is 1. The van der Waals surface area contributed by atoms with Gasteiger partial charge in [-0.3, -0.25) is 9.78 Å². The number of likely N-dealkylation sites (tertiary alicyclic amines) is 1. The Morgan fingerprint density at radius 2 is 1.96 bits per heavy atom. The van der Waals surface area contributed by atoms with Crippen molar-refractivity contribution < 1.29 is 4.79 Å². The van der Waals surface area contributed by atoms with Gasteiger partial charge in [0.25, 0.3) is 5.91 Å². The average molecular weight is 364 g/mol. The van der Waals surface area contributed by atoms with Crippen LogP contribution < -0.4 is 5.32 Å². The van der Waals surface area contributed by atoms with E-state index >= 15 is 0 Å². The summed E-state index contributed by atoms with van der Waals surface area (Å²) in [7, 11) is 0. The van der Waals surface area contributed by atoms with Crippen molar-refractivity contribution >= 4 is 5.91 Å². The Bertz CT molecular complexity index is 764. The summed E-state index contributed by atoms with van der Waals surface area (Å²) in [4.78, 5) is 19.8. The molecule has 142 valence electrons. The van der Waals surface area contributed by atoms with E-state index in [1.807, 2.05) is 18.2 Å². The Hall–Kier alpha value is -2.20. The Morgan fingerprint density at radius 1 is 1.15 bits per heavy atom. The normalized spacial score (nSPS) is 28.3. The Kier molecular flexibility index (Phi) is 5.26. The first-order chi connectivity index (χ1) is 13.2. The highest BCUT2D eigenvalue weighted by Gasteiger charge is 2.49. The summed E-state index contributed by atoms with van der Waals surface area (Å²) < 4.78 is 0. The summed E-state index contributed by atoms with van der Waals surface area (Å²) in [5.74, 6) is 0.0761. The van der Waals surface area contributed by atoms with Gasteiger partial charge in [-0.25, -0.2) is 0 Å². The highest BCUT2D eigenvalue weighted by Crippen LogP contribution is 2.37. The molecule has 0 bridgehead atoms. The van der Waals surface area contributed by atoms with E-state index in [0.717, 1.165) is 32.2 Å². The number of amides is 1. The maximum atomic E-state index is 13.3. The zero-order valence-electron chi connectivity index (χ0n) is 16.1. The van der Waals surface area contributed by atoms with Gasteiger partial charge in [-0.15, -0.1) is 0 Å². The molecule has 0 spiro atoms. The molecule has 4 rings (SSSR count). The number of carbonyl (C=O) groups excluding carboxylic acids is 1. The topological polar surface area (TPSA) is 45.2 Å². The molecule has 0 unspecified atom stereocenters. The lowest BCUT2D eigenvalue weighted by Crippen LogP contribution is -2.57. The maximum Gasteiger partial charge on any atom is 0.272 e. The van der Waals surface area contributed by atoms with E-state index in [2.05, 4.69) is 52.5 Å². The number of aromatic nitrogens is 1. The highest BCUT2D eigenvalue weighted by atomic mass is 16.2. The molecule has 3 atom stereocenters. The third-order valence-corrected chi connectivity index (χ3v) is 6.29. The van der Waals surface area contributed by atoms with Crippen molar-refractivity contribution in [2.75, 3.05) is 6.54 Å². The number of carbonyl (C=O) groups is 1.